The van der Waals surface area contributed by atoms with Crippen molar-refractivity contribution < 1.29 is 13.9 Å². The van der Waals surface area contributed by atoms with Gasteiger partial charge in [-0.3, -0.25) is 9.69 Å². The summed E-state index contributed by atoms with van der Waals surface area (Å²) in [4.78, 5) is 29.1. The Balaban J connectivity index is 1.24. The van der Waals surface area contributed by atoms with Gasteiger partial charge in [-0.25, -0.2) is 9.36 Å². The number of carbonyl (C=O) groups is 1. The summed E-state index contributed by atoms with van der Waals surface area (Å²) < 4.78 is 12.2. The van der Waals surface area contributed by atoms with Crippen molar-refractivity contribution in [2.45, 2.75) is 20.2 Å². The van der Waals surface area contributed by atoms with E-state index in [2.05, 4.69) is 63.6 Å². The van der Waals surface area contributed by atoms with Crippen LogP contribution in [-0.4, -0.2) is 54.7 Å². The number of hydrogen-bond donors (Lipinski definition) is 1. The number of ether oxygens (including phenoxy) is 1. The number of likely N-dealkylation sites (N-methyl/N-ethyl adjacent to an activating group) is 1. The SMILES string of the molecule is CCNCC(=O)OCn1c(=O)oc2c(N3CCN(Cc4cccc(-c5ccccc5)c4)CC3)cccc21. The number of nitrogens with zero attached hydrogens (tertiary/aromatic N) is 3. The minimum atomic E-state index is -0.532. The summed E-state index contributed by atoms with van der Waals surface area (Å²) >= 11 is 0. The Morgan fingerprint density at radius 3 is 2.49 bits per heavy atom. The van der Waals surface area contributed by atoms with Gasteiger partial charge in [0.25, 0.3) is 0 Å². The molecule has 4 aromatic rings. The lowest BCUT2D eigenvalue weighted by Crippen LogP contribution is -2.46. The van der Waals surface area contributed by atoms with Crippen molar-refractivity contribution in [3.05, 3.63) is 88.9 Å². The minimum absolute atomic E-state index is 0.104. The molecule has 5 rings (SSSR count). The van der Waals surface area contributed by atoms with Gasteiger partial charge in [0.15, 0.2) is 12.3 Å². The zero-order valence-electron chi connectivity index (χ0n) is 21.1. The van der Waals surface area contributed by atoms with Gasteiger partial charge >= 0.3 is 11.7 Å². The average molecular weight is 501 g/mol. The molecule has 0 unspecified atom stereocenters. The predicted octanol–water partition coefficient (Wildman–Crippen LogP) is 3.69. The molecular weight excluding hydrogens is 468 g/mol. The molecule has 8 nitrogen and oxygen atoms in total. The van der Waals surface area contributed by atoms with Gasteiger partial charge in [-0.15, -0.1) is 0 Å². The molecule has 8 heteroatoms. The van der Waals surface area contributed by atoms with Crippen LogP contribution in [-0.2, 0) is 22.8 Å². The molecule has 1 aromatic heterocycles. The van der Waals surface area contributed by atoms with E-state index in [1.165, 1.54) is 21.3 Å². The maximum Gasteiger partial charge on any atom is 0.422 e. The monoisotopic (exact) mass is 500 g/mol. The molecule has 0 spiro atoms. The van der Waals surface area contributed by atoms with E-state index in [-0.39, 0.29) is 13.3 Å². The van der Waals surface area contributed by atoms with Gasteiger partial charge in [-0.1, -0.05) is 61.5 Å². The van der Waals surface area contributed by atoms with Crippen LogP contribution in [0.15, 0.2) is 82.0 Å². The Kier molecular flexibility index (Phi) is 7.67. The Morgan fingerprint density at radius 2 is 1.70 bits per heavy atom. The quantitative estimate of drug-likeness (QED) is 0.351. The smallest absolute Gasteiger partial charge is 0.422 e. The average Bonchev–Trinajstić information content (AvgIpc) is 3.26. The number of oxazole rings is 1. The number of benzene rings is 3. The molecular formula is C29H32N4O4. The van der Waals surface area contributed by atoms with Crippen LogP contribution in [0.5, 0.6) is 0 Å². The molecule has 0 saturated carbocycles. The standard InChI is InChI=1S/C29H32N4O4/c1-2-30-19-27(34)36-21-33-26-13-7-12-25(28(26)37-29(33)35)32-16-14-31(15-17-32)20-22-8-6-11-24(18-22)23-9-4-3-5-10-23/h3-13,18,30H,2,14-17,19-21H2,1H3. The number of anilines is 1. The summed E-state index contributed by atoms with van der Waals surface area (Å²) in [6.07, 6.45) is 0. The van der Waals surface area contributed by atoms with Crippen molar-refractivity contribution in [2.75, 3.05) is 44.2 Å². The minimum Gasteiger partial charge on any atom is -0.443 e. The number of carbonyl (C=O) groups excluding carboxylic acids is 1. The summed E-state index contributed by atoms with van der Waals surface area (Å²) in [6.45, 7) is 6.85. The molecule has 3 aromatic carbocycles. The van der Waals surface area contributed by atoms with Crippen molar-refractivity contribution in [2.24, 2.45) is 0 Å². The van der Waals surface area contributed by atoms with Crippen molar-refractivity contribution in [1.82, 2.24) is 14.8 Å². The second-order valence-electron chi connectivity index (χ2n) is 9.18. The van der Waals surface area contributed by atoms with Crippen molar-refractivity contribution >= 4 is 22.8 Å². The maximum atomic E-state index is 12.5. The number of nitrogens with one attached hydrogen (secondary N) is 1. The Labute approximate surface area is 216 Å². The summed E-state index contributed by atoms with van der Waals surface area (Å²) in [5.41, 5.74) is 5.79. The molecule has 1 aliphatic heterocycles. The molecule has 2 heterocycles. The van der Waals surface area contributed by atoms with Gasteiger partial charge in [0.2, 0.25) is 0 Å². The molecule has 0 radical (unpaired) electrons. The molecule has 0 bridgehead atoms. The Bertz CT molecular complexity index is 1400. The fourth-order valence-electron chi connectivity index (χ4n) is 4.74. The van der Waals surface area contributed by atoms with Gasteiger partial charge in [-0.2, -0.15) is 0 Å². The third-order valence-corrected chi connectivity index (χ3v) is 6.70. The van der Waals surface area contributed by atoms with Crippen LogP contribution in [0.2, 0.25) is 0 Å². The number of esters is 1. The predicted molar refractivity (Wildman–Crippen MR) is 144 cm³/mol. The van der Waals surface area contributed by atoms with E-state index < -0.39 is 11.7 Å². The summed E-state index contributed by atoms with van der Waals surface area (Å²) in [7, 11) is 0. The lowest BCUT2D eigenvalue weighted by molar-refractivity contribution is -0.146. The second kappa shape index (κ2) is 11.5. The van der Waals surface area contributed by atoms with Gasteiger partial charge < -0.3 is 19.4 Å². The molecule has 0 aliphatic carbocycles. The molecule has 1 saturated heterocycles. The molecule has 1 N–H and O–H groups in total. The number of rotatable bonds is 9. The van der Waals surface area contributed by atoms with E-state index >= 15 is 0 Å². The fourth-order valence-corrected chi connectivity index (χ4v) is 4.74. The lowest BCUT2D eigenvalue weighted by atomic mass is 10.0. The summed E-state index contributed by atoms with van der Waals surface area (Å²) in [5.74, 6) is -0.944. The maximum absolute atomic E-state index is 12.5. The molecule has 1 aliphatic rings. The first-order valence-electron chi connectivity index (χ1n) is 12.7. The van der Waals surface area contributed by atoms with Gasteiger partial charge in [0, 0.05) is 32.7 Å². The van der Waals surface area contributed by atoms with Gasteiger partial charge in [-0.05, 0) is 41.4 Å². The van der Waals surface area contributed by atoms with E-state index in [4.69, 9.17) is 9.15 Å². The lowest BCUT2D eigenvalue weighted by Gasteiger charge is -2.36. The van der Waals surface area contributed by atoms with Crippen LogP contribution in [0.25, 0.3) is 22.2 Å². The molecule has 0 atom stereocenters. The highest BCUT2D eigenvalue weighted by Gasteiger charge is 2.22. The molecule has 0 amide bonds. The highest BCUT2D eigenvalue weighted by atomic mass is 16.5. The zero-order valence-corrected chi connectivity index (χ0v) is 21.1. The summed E-state index contributed by atoms with van der Waals surface area (Å²) in [5, 5.41) is 2.91. The Hall–Kier alpha value is -3.88. The normalized spacial score (nSPS) is 14.2. The second-order valence-corrected chi connectivity index (χ2v) is 9.18. The Morgan fingerprint density at radius 1 is 0.946 bits per heavy atom. The molecule has 37 heavy (non-hydrogen) atoms. The van der Waals surface area contributed by atoms with Crippen LogP contribution in [0.1, 0.15) is 12.5 Å². The van der Waals surface area contributed by atoms with E-state index in [0.29, 0.717) is 17.6 Å². The first-order chi connectivity index (χ1) is 18.1. The van der Waals surface area contributed by atoms with Crippen molar-refractivity contribution in [1.29, 1.82) is 0 Å². The third kappa shape index (κ3) is 5.76. The first-order valence-corrected chi connectivity index (χ1v) is 12.7. The van der Waals surface area contributed by atoms with E-state index in [1.807, 2.05) is 31.2 Å². The van der Waals surface area contributed by atoms with Crippen LogP contribution >= 0.6 is 0 Å². The number of fused-ring (bicyclic) bond motifs is 1. The zero-order chi connectivity index (χ0) is 25.6. The first kappa shape index (κ1) is 24.8. The van der Waals surface area contributed by atoms with E-state index in [1.54, 1.807) is 0 Å². The molecule has 1 fully saturated rings. The van der Waals surface area contributed by atoms with Gasteiger partial charge in [0.1, 0.15) is 0 Å². The van der Waals surface area contributed by atoms with Crippen LogP contribution in [0.3, 0.4) is 0 Å². The highest BCUT2D eigenvalue weighted by molar-refractivity contribution is 5.87. The van der Waals surface area contributed by atoms with Crippen LogP contribution in [0, 0.1) is 0 Å². The van der Waals surface area contributed by atoms with Crippen LogP contribution < -0.4 is 16.0 Å². The van der Waals surface area contributed by atoms with E-state index in [0.717, 1.165) is 38.4 Å². The van der Waals surface area contributed by atoms with Crippen molar-refractivity contribution in [3.63, 3.8) is 0 Å². The topological polar surface area (TPSA) is 79.9 Å². The van der Waals surface area contributed by atoms with Crippen LogP contribution in [0.4, 0.5) is 5.69 Å². The van der Waals surface area contributed by atoms with E-state index in [9.17, 15) is 9.59 Å². The van der Waals surface area contributed by atoms with Crippen molar-refractivity contribution in [3.8, 4) is 11.1 Å². The van der Waals surface area contributed by atoms with Gasteiger partial charge in [0.05, 0.1) is 17.7 Å². The largest absolute Gasteiger partial charge is 0.443 e. The highest BCUT2D eigenvalue weighted by Crippen LogP contribution is 2.28. The summed E-state index contributed by atoms with van der Waals surface area (Å²) in [6, 6.07) is 24.9. The molecule has 192 valence electrons. The fraction of sp³-hybridized carbons (Fsp3) is 0.310. The number of piperazine rings is 1. The number of hydrogen-bond acceptors (Lipinski definition) is 7. The third-order valence-electron chi connectivity index (χ3n) is 6.70. The number of para-hydroxylation sites is 1. The number of aromatic nitrogens is 1.